The number of amides is 1. The summed E-state index contributed by atoms with van der Waals surface area (Å²) in [5.74, 6) is -1.26. The smallest absolute Gasteiger partial charge is 0.251 e. The van der Waals surface area contributed by atoms with Gasteiger partial charge in [0.15, 0.2) is 11.4 Å². The number of carbonyl (C=O) groups is 1. The van der Waals surface area contributed by atoms with Gasteiger partial charge in [0.2, 0.25) is 0 Å². The van der Waals surface area contributed by atoms with Crippen LogP contribution >= 0.6 is 0 Å². The quantitative estimate of drug-likeness (QED) is 0.152. The van der Waals surface area contributed by atoms with Crippen molar-refractivity contribution in [1.29, 1.82) is 0 Å². The molecule has 10 heteroatoms. The number of carbonyl (C=O) groups excluding carboxylic acids is 1. The van der Waals surface area contributed by atoms with Gasteiger partial charge in [0.05, 0.1) is 17.9 Å². The molecule has 0 saturated carbocycles. The SMILES string of the molecule is CO[C@H]1C=CC=C(C)C(=O)Nc2cc(O)cc(c2O)C=C(C)C[C@H](OC)[C@H](O)[C@@H](C)C=C(C)[C@@H]1ON=O. The lowest BCUT2D eigenvalue weighted by atomic mass is 9.91. The molecule has 0 saturated heterocycles. The minimum absolute atomic E-state index is 0.0377. The number of allylic oxidation sites excluding steroid dienone is 2. The molecule has 10 nitrogen and oxygen atoms in total. The number of rotatable bonds is 4. The summed E-state index contributed by atoms with van der Waals surface area (Å²) in [6.45, 7) is 6.93. The predicted octanol–water partition coefficient (Wildman–Crippen LogP) is 4.39. The second kappa shape index (κ2) is 13.7. The summed E-state index contributed by atoms with van der Waals surface area (Å²) in [4.78, 5) is 28.8. The Balaban J connectivity index is 2.63. The number of phenolic OH excluding ortho intramolecular Hbond substituents is 2. The molecule has 0 fully saturated rings. The summed E-state index contributed by atoms with van der Waals surface area (Å²) in [6.07, 6.45) is 5.30. The third kappa shape index (κ3) is 8.01. The molecule has 1 amide bonds. The van der Waals surface area contributed by atoms with Crippen molar-refractivity contribution in [2.45, 2.75) is 58.5 Å². The summed E-state index contributed by atoms with van der Waals surface area (Å²) in [5, 5.41) is 37.2. The van der Waals surface area contributed by atoms with E-state index in [0.717, 1.165) is 5.57 Å². The molecule has 0 spiro atoms. The van der Waals surface area contributed by atoms with E-state index in [0.29, 0.717) is 23.1 Å². The molecule has 202 valence electrons. The second-order valence-corrected chi connectivity index (χ2v) is 9.15. The number of phenols is 2. The van der Waals surface area contributed by atoms with E-state index in [1.54, 1.807) is 45.1 Å². The number of aliphatic hydroxyl groups excluding tert-OH is 1. The Morgan fingerprint density at radius 1 is 1.11 bits per heavy atom. The van der Waals surface area contributed by atoms with E-state index >= 15 is 0 Å². The van der Waals surface area contributed by atoms with Gasteiger partial charge in [-0.15, -0.1) is 4.91 Å². The highest BCUT2D eigenvalue weighted by molar-refractivity contribution is 6.04. The third-order valence-electron chi connectivity index (χ3n) is 6.23. The number of fused-ring (bicyclic) bond motifs is 2. The molecule has 4 N–H and O–H groups in total. The monoisotopic (exact) mass is 516 g/mol. The van der Waals surface area contributed by atoms with Gasteiger partial charge in [0.25, 0.3) is 5.91 Å². The highest BCUT2D eigenvalue weighted by atomic mass is 16.7. The number of ether oxygens (including phenoxy) is 2. The molecule has 1 aromatic rings. The van der Waals surface area contributed by atoms with Crippen LogP contribution in [0.15, 0.2) is 58.5 Å². The molecule has 0 unspecified atom stereocenters. The lowest BCUT2D eigenvalue weighted by molar-refractivity contribution is -0.112. The zero-order chi connectivity index (χ0) is 27.7. The van der Waals surface area contributed by atoms with Gasteiger partial charge in [-0.1, -0.05) is 42.9 Å². The van der Waals surface area contributed by atoms with Gasteiger partial charge in [-0.25, -0.2) is 0 Å². The minimum atomic E-state index is -0.926. The fourth-order valence-electron chi connectivity index (χ4n) is 4.14. The first-order chi connectivity index (χ1) is 17.5. The first-order valence-corrected chi connectivity index (χ1v) is 11.8. The maximum absolute atomic E-state index is 12.7. The molecule has 0 aromatic heterocycles. The van der Waals surface area contributed by atoms with Crippen molar-refractivity contribution >= 4 is 17.7 Å². The molecular formula is C27H36N2O8. The highest BCUT2D eigenvalue weighted by Gasteiger charge is 2.28. The van der Waals surface area contributed by atoms with Crippen molar-refractivity contribution < 1.29 is 34.4 Å². The molecular weight excluding hydrogens is 480 g/mol. The van der Waals surface area contributed by atoms with E-state index in [9.17, 15) is 25.0 Å². The number of anilines is 1. The minimum Gasteiger partial charge on any atom is -0.508 e. The van der Waals surface area contributed by atoms with Crippen LogP contribution < -0.4 is 5.32 Å². The van der Waals surface area contributed by atoms with Crippen LogP contribution in [-0.2, 0) is 19.1 Å². The van der Waals surface area contributed by atoms with Crippen LogP contribution in [0.2, 0.25) is 0 Å². The van der Waals surface area contributed by atoms with Crippen LogP contribution in [0, 0.1) is 10.8 Å². The van der Waals surface area contributed by atoms with Gasteiger partial charge >= 0.3 is 0 Å². The number of nitrogens with one attached hydrogen (secondary N) is 1. The lowest BCUT2D eigenvalue weighted by Crippen LogP contribution is -2.34. The zero-order valence-corrected chi connectivity index (χ0v) is 22.0. The van der Waals surface area contributed by atoms with Crippen molar-refractivity contribution in [1.82, 2.24) is 0 Å². The van der Waals surface area contributed by atoms with E-state index in [1.807, 2.05) is 6.92 Å². The van der Waals surface area contributed by atoms with Crippen molar-refractivity contribution in [2.24, 2.45) is 11.3 Å². The van der Waals surface area contributed by atoms with Crippen LogP contribution in [0.25, 0.3) is 6.08 Å². The Hall–Kier alpha value is -3.47. The van der Waals surface area contributed by atoms with Crippen molar-refractivity contribution in [3.8, 4) is 11.5 Å². The number of hydrogen-bond acceptors (Lipinski definition) is 9. The third-order valence-corrected chi connectivity index (χ3v) is 6.23. The maximum atomic E-state index is 12.7. The van der Waals surface area contributed by atoms with Crippen molar-refractivity contribution in [3.63, 3.8) is 0 Å². The molecule has 37 heavy (non-hydrogen) atoms. The molecule has 2 bridgehead atoms. The second-order valence-electron chi connectivity index (χ2n) is 9.15. The van der Waals surface area contributed by atoms with Crippen LogP contribution in [0.1, 0.15) is 39.7 Å². The van der Waals surface area contributed by atoms with E-state index < -0.39 is 36.2 Å². The standard InChI is InChI=1S/C27H36N2O8/c1-15-10-19-13-20(30)14-21(25(19)32)28-27(33)16(2)8-7-9-22(35-5)26(37-29-34)18(4)12-17(3)24(31)23(11-15)36-6/h7-10,12-14,17,22-24,26,30-32H,11H2,1-6H3,(H,28,33)/t17-,22-,23-,24+,26-/m0/s1. The first kappa shape index (κ1) is 29.8. The zero-order valence-electron chi connectivity index (χ0n) is 22.0. The largest absolute Gasteiger partial charge is 0.508 e. The van der Waals surface area contributed by atoms with E-state index in [4.69, 9.17) is 14.3 Å². The molecule has 0 aliphatic carbocycles. The summed E-state index contributed by atoms with van der Waals surface area (Å²) in [7, 11) is 2.93. The molecule has 1 aliphatic heterocycles. The summed E-state index contributed by atoms with van der Waals surface area (Å²) in [6, 6.07) is 2.63. The fraction of sp³-hybridized carbons (Fsp3) is 0.444. The van der Waals surface area contributed by atoms with E-state index in [1.165, 1.54) is 32.4 Å². The van der Waals surface area contributed by atoms with Gasteiger partial charge in [0, 0.05) is 37.3 Å². The van der Waals surface area contributed by atoms with Gasteiger partial charge in [-0.2, -0.15) is 0 Å². The maximum Gasteiger partial charge on any atom is 0.251 e. The van der Waals surface area contributed by atoms with Crippen LogP contribution in [0.3, 0.4) is 0 Å². The number of methoxy groups -OCH3 is 2. The van der Waals surface area contributed by atoms with Crippen molar-refractivity contribution in [3.05, 3.63) is 63.6 Å². The molecule has 2 rings (SSSR count). The summed E-state index contributed by atoms with van der Waals surface area (Å²) in [5.41, 5.74) is 2.00. The number of benzene rings is 1. The molecule has 1 aromatic carbocycles. The van der Waals surface area contributed by atoms with Gasteiger partial charge in [-0.05, 0) is 38.8 Å². The Kier molecular flexibility index (Phi) is 11.0. The van der Waals surface area contributed by atoms with Crippen LogP contribution in [0.4, 0.5) is 5.69 Å². The van der Waals surface area contributed by atoms with Gasteiger partial charge in [-0.3, -0.25) is 4.79 Å². The van der Waals surface area contributed by atoms with E-state index in [-0.39, 0.29) is 17.2 Å². The lowest BCUT2D eigenvalue weighted by Gasteiger charge is -2.27. The molecule has 5 atom stereocenters. The predicted molar refractivity (Wildman–Crippen MR) is 141 cm³/mol. The Morgan fingerprint density at radius 3 is 2.43 bits per heavy atom. The Labute approximate surface area is 216 Å². The molecule has 1 heterocycles. The summed E-state index contributed by atoms with van der Waals surface area (Å²) >= 11 is 0. The highest BCUT2D eigenvalue weighted by Crippen LogP contribution is 2.35. The van der Waals surface area contributed by atoms with Crippen LogP contribution in [-0.4, -0.2) is 59.9 Å². The molecule has 1 aliphatic rings. The van der Waals surface area contributed by atoms with Gasteiger partial charge in [0.1, 0.15) is 17.6 Å². The fourth-order valence-corrected chi connectivity index (χ4v) is 4.14. The normalized spacial score (nSPS) is 26.0. The van der Waals surface area contributed by atoms with Gasteiger partial charge < -0.3 is 34.9 Å². The van der Waals surface area contributed by atoms with Crippen LogP contribution in [0.5, 0.6) is 11.5 Å². The van der Waals surface area contributed by atoms with Crippen molar-refractivity contribution in [2.75, 3.05) is 19.5 Å². The Bertz CT molecular complexity index is 1090. The average molecular weight is 517 g/mol. The van der Waals surface area contributed by atoms with E-state index in [2.05, 4.69) is 10.7 Å². The topological polar surface area (TPSA) is 147 Å². The first-order valence-electron chi connectivity index (χ1n) is 11.8. The molecule has 0 radical (unpaired) electrons. The number of hydrogen-bond donors (Lipinski definition) is 4. The average Bonchev–Trinajstić information content (AvgIpc) is 2.85. The Morgan fingerprint density at radius 2 is 1.81 bits per heavy atom. The number of aromatic hydroxyl groups is 2. The summed E-state index contributed by atoms with van der Waals surface area (Å²) < 4.78 is 11.0. The number of aliphatic hydroxyl groups is 1. The number of nitrogens with zero attached hydrogens (tertiary/aromatic N) is 1.